The number of carbonyl (C=O) groups excluding carboxylic acids is 1. The van der Waals surface area contributed by atoms with Crippen LogP contribution >= 0.6 is 11.8 Å². The molecule has 0 N–H and O–H groups in total. The number of hydrogen-bond acceptors (Lipinski definition) is 4. The lowest BCUT2D eigenvalue weighted by Crippen LogP contribution is -2.02. The predicted molar refractivity (Wildman–Crippen MR) is 88.2 cm³/mol. The molecule has 0 amide bonds. The molecule has 4 heteroatoms. The van der Waals surface area contributed by atoms with Crippen molar-refractivity contribution in [1.82, 2.24) is 0 Å². The van der Waals surface area contributed by atoms with Gasteiger partial charge in [-0.25, -0.2) is 4.79 Å². The molecule has 2 aromatic carbocycles. The number of furan rings is 1. The van der Waals surface area contributed by atoms with Crippen molar-refractivity contribution in [2.45, 2.75) is 17.6 Å². The number of benzene rings is 2. The zero-order valence-electron chi connectivity index (χ0n) is 12.2. The number of ether oxygens (including phenoxy) is 1. The van der Waals surface area contributed by atoms with Gasteiger partial charge in [-0.2, -0.15) is 0 Å². The number of hydrogen-bond donors (Lipinski definition) is 0. The van der Waals surface area contributed by atoms with Gasteiger partial charge >= 0.3 is 5.97 Å². The van der Waals surface area contributed by atoms with Gasteiger partial charge in [0.1, 0.15) is 5.58 Å². The van der Waals surface area contributed by atoms with Crippen molar-refractivity contribution in [3.63, 3.8) is 0 Å². The topological polar surface area (TPSA) is 39.4 Å². The lowest BCUT2D eigenvalue weighted by Gasteiger charge is -2.01. The smallest absolute Gasteiger partial charge is 0.374 e. The van der Waals surface area contributed by atoms with Gasteiger partial charge in [0.25, 0.3) is 0 Å². The van der Waals surface area contributed by atoms with E-state index >= 15 is 0 Å². The third kappa shape index (κ3) is 3.34. The molecule has 0 atom stereocenters. The minimum Gasteiger partial charge on any atom is -0.460 e. The second-order valence-electron chi connectivity index (χ2n) is 4.81. The highest BCUT2D eigenvalue weighted by molar-refractivity contribution is 7.98. The summed E-state index contributed by atoms with van der Waals surface area (Å²) < 4.78 is 10.5. The maximum absolute atomic E-state index is 11.7. The molecule has 3 aromatic rings. The Labute approximate surface area is 133 Å². The molecule has 0 radical (unpaired) electrons. The summed E-state index contributed by atoms with van der Waals surface area (Å²) in [7, 11) is 0. The first-order chi connectivity index (χ1) is 10.8. The molecule has 0 aliphatic carbocycles. The average molecular weight is 312 g/mol. The standard InChI is InChI=1S/C18H16O3S/c1-2-20-18(19)17-11-14-10-15(8-9-16(14)21-17)22-12-13-6-4-3-5-7-13/h3-11H,2,12H2,1H3. The molecular weight excluding hydrogens is 296 g/mol. The van der Waals surface area contributed by atoms with Crippen LogP contribution in [0.1, 0.15) is 23.0 Å². The van der Waals surface area contributed by atoms with Gasteiger partial charge in [0, 0.05) is 16.0 Å². The summed E-state index contributed by atoms with van der Waals surface area (Å²) in [6.45, 7) is 2.12. The van der Waals surface area contributed by atoms with Crippen molar-refractivity contribution in [2.24, 2.45) is 0 Å². The van der Waals surface area contributed by atoms with Crippen molar-refractivity contribution in [3.8, 4) is 0 Å². The molecule has 0 spiro atoms. The minimum absolute atomic E-state index is 0.252. The Morgan fingerprint density at radius 2 is 1.95 bits per heavy atom. The molecule has 0 fully saturated rings. The van der Waals surface area contributed by atoms with Gasteiger partial charge in [0.2, 0.25) is 5.76 Å². The molecule has 0 unspecified atom stereocenters. The molecule has 3 rings (SSSR count). The van der Waals surface area contributed by atoms with Gasteiger partial charge in [-0.3, -0.25) is 0 Å². The Hall–Kier alpha value is -2.20. The Kier molecular flexibility index (Phi) is 4.49. The van der Waals surface area contributed by atoms with Crippen molar-refractivity contribution in [2.75, 3.05) is 6.61 Å². The highest BCUT2D eigenvalue weighted by atomic mass is 32.2. The molecule has 1 heterocycles. The SMILES string of the molecule is CCOC(=O)c1cc2cc(SCc3ccccc3)ccc2o1. The molecule has 112 valence electrons. The lowest BCUT2D eigenvalue weighted by molar-refractivity contribution is 0.0492. The Morgan fingerprint density at radius 3 is 2.73 bits per heavy atom. The van der Waals surface area contributed by atoms with E-state index in [2.05, 4.69) is 12.1 Å². The van der Waals surface area contributed by atoms with Crippen LogP contribution in [0.25, 0.3) is 11.0 Å². The number of carbonyl (C=O) groups is 1. The van der Waals surface area contributed by atoms with E-state index in [0.717, 1.165) is 16.0 Å². The van der Waals surface area contributed by atoms with Crippen LogP contribution in [0.15, 0.2) is 63.9 Å². The minimum atomic E-state index is -0.419. The molecule has 3 nitrogen and oxygen atoms in total. The van der Waals surface area contributed by atoms with Crippen molar-refractivity contribution in [1.29, 1.82) is 0 Å². The molecular formula is C18H16O3S. The largest absolute Gasteiger partial charge is 0.460 e. The predicted octanol–water partition coefficient (Wildman–Crippen LogP) is 4.90. The van der Waals surface area contributed by atoms with E-state index < -0.39 is 5.97 Å². The third-order valence-electron chi connectivity index (χ3n) is 3.21. The Bertz CT molecular complexity index is 777. The van der Waals surface area contributed by atoms with Crippen molar-refractivity contribution >= 4 is 28.7 Å². The number of esters is 1. The normalized spacial score (nSPS) is 10.8. The average Bonchev–Trinajstić information content (AvgIpc) is 2.97. The number of rotatable bonds is 5. The van der Waals surface area contributed by atoms with Crippen LogP contribution in [-0.2, 0) is 10.5 Å². The summed E-state index contributed by atoms with van der Waals surface area (Å²) in [6, 6.07) is 18.0. The maximum atomic E-state index is 11.7. The summed E-state index contributed by atoms with van der Waals surface area (Å²) in [6.07, 6.45) is 0. The molecule has 0 saturated heterocycles. The fourth-order valence-corrected chi connectivity index (χ4v) is 3.06. The molecule has 0 saturated carbocycles. The molecule has 1 aromatic heterocycles. The van der Waals surface area contributed by atoms with Crippen molar-refractivity contribution in [3.05, 3.63) is 65.9 Å². The third-order valence-corrected chi connectivity index (χ3v) is 4.28. The van der Waals surface area contributed by atoms with Gasteiger partial charge < -0.3 is 9.15 Å². The van der Waals surface area contributed by atoms with E-state index in [0.29, 0.717) is 12.2 Å². The fraction of sp³-hybridized carbons (Fsp3) is 0.167. The van der Waals surface area contributed by atoms with Gasteiger partial charge in [0.05, 0.1) is 6.61 Å². The highest BCUT2D eigenvalue weighted by Gasteiger charge is 2.13. The monoisotopic (exact) mass is 312 g/mol. The van der Waals surface area contributed by atoms with Gasteiger partial charge in [0.15, 0.2) is 0 Å². The van der Waals surface area contributed by atoms with Crippen LogP contribution in [0.2, 0.25) is 0 Å². The zero-order chi connectivity index (χ0) is 15.4. The Balaban J connectivity index is 1.76. The summed E-state index contributed by atoms with van der Waals surface area (Å²) in [5, 5.41) is 0.918. The summed E-state index contributed by atoms with van der Waals surface area (Å²) in [5.41, 5.74) is 1.99. The molecule has 22 heavy (non-hydrogen) atoms. The van der Waals surface area contributed by atoms with Crippen LogP contribution in [0.4, 0.5) is 0 Å². The van der Waals surface area contributed by atoms with Crippen LogP contribution in [-0.4, -0.2) is 12.6 Å². The van der Waals surface area contributed by atoms with E-state index in [9.17, 15) is 4.79 Å². The van der Waals surface area contributed by atoms with E-state index in [1.807, 2.05) is 36.4 Å². The second kappa shape index (κ2) is 6.71. The molecule has 0 aliphatic heterocycles. The summed E-state index contributed by atoms with van der Waals surface area (Å²) in [4.78, 5) is 12.8. The number of fused-ring (bicyclic) bond motifs is 1. The summed E-state index contributed by atoms with van der Waals surface area (Å²) in [5.74, 6) is 0.744. The quantitative estimate of drug-likeness (QED) is 0.496. The van der Waals surface area contributed by atoms with Gasteiger partial charge in [-0.1, -0.05) is 30.3 Å². The van der Waals surface area contributed by atoms with Crippen LogP contribution < -0.4 is 0 Å². The lowest BCUT2D eigenvalue weighted by atomic mass is 10.2. The van der Waals surface area contributed by atoms with Gasteiger partial charge in [-0.15, -0.1) is 11.8 Å². The first-order valence-corrected chi connectivity index (χ1v) is 8.12. The zero-order valence-corrected chi connectivity index (χ0v) is 13.1. The number of thioether (sulfide) groups is 1. The first kappa shape index (κ1) is 14.7. The molecule has 0 bridgehead atoms. The van der Waals surface area contributed by atoms with E-state index in [4.69, 9.17) is 9.15 Å². The van der Waals surface area contributed by atoms with Gasteiger partial charge in [-0.05, 0) is 36.8 Å². The van der Waals surface area contributed by atoms with Crippen LogP contribution in [0.5, 0.6) is 0 Å². The highest BCUT2D eigenvalue weighted by Crippen LogP contribution is 2.28. The van der Waals surface area contributed by atoms with E-state index in [-0.39, 0.29) is 5.76 Å². The summed E-state index contributed by atoms with van der Waals surface area (Å²) >= 11 is 1.76. The molecule has 0 aliphatic rings. The van der Waals surface area contributed by atoms with Crippen LogP contribution in [0, 0.1) is 0 Å². The maximum Gasteiger partial charge on any atom is 0.374 e. The van der Waals surface area contributed by atoms with E-state index in [1.54, 1.807) is 24.8 Å². The first-order valence-electron chi connectivity index (χ1n) is 7.13. The van der Waals surface area contributed by atoms with E-state index in [1.165, 1.54) is 5.56 Å². The second-order valence-corrected chi connectivity index (χ2v) is 5.85. The van der Waals surface area contributed by atoms with Crippen molar-refractivity contribution < 1.29 is 13.9 Å². The fourth-order valence-electron chi connectivity index (χ4n) is 2.15. The Morgan fingerprint density at radius 1 is 1.14 bits per heavy atom. The van der Waals surface area contributed by atoms with Crippen LogP contribution in [0.3, 0.4) is 0 Å².